The van der Waals surface area contributed by atoms with E-state index in [9.17, 15) is 22.4 Å². The van der Waals surface area contributed by atoms with Gasteiger partial charge in [0.25, 0.3) is 0 Å². The third kappa shape index (κ3) is 8.53. The van der Waals surface area contributed by atoms with Crippen molar-refractivity contribution in [2.75, 3.05) is 17.1 Å². The molecule has 0 bridgehead atoms. The number of amides is 2. The number of nitrogens with zero attached hydrogens (tertiary/aromatic N) is 2. The fourth-order valence-electron chi connectivity index (χ4n) is 4.03. The number of carbonyl (C=O) groups excluding carboxylic acids is 2. The third-order valence-corrected chi connectivity index (χ3v) is 7.76. The molecule has 1 N–H and O–H groups in total. The maximum Gasteiger partial charge on any atom is 0.244 e. The Bertz CT molecular complexity index is 1370. The molecule has 3 rings (SSSR count). The first-order valence-corrected chi connectivity index (χ1v) is 14.8. The Labute approximate surface area is 234 Å². The van der Waals surface area contributed by atoms with E-state index in [0.29, 0.717) is 11.4 Å². The lowest BCUT2D eigenvalue weighted by Crippen LogP contribution is -2.54. The van der Waals surface area contributed by atoms with Crippen LogP contribution in [0, 0.1) is 5.82 Å². The molecular weight excluding hydrogens is 541 g/mol. The van der Waals surface area contributed by atoms with Crippen LogP contribution in [0.25, 0.3) is 0 Å². The minimum Gasteiger partial charge on any atom is -0.352 e. The summed E-state index contributed by atoms with van der Waals surface area (Å²) >= 11 is 5.98. The van der Waals surface area contributed by atoms with Crippen molar-refractivity contribution in [2.24, 2.45) is 0 Å². The Balaban J connectivity index is 2.06. The van der Waals surface area contributed by atoms with E-state index in [1.54, 1.807) is 6.07 Å². The van der Waals surface area contributed by atoms with Gasteiger partial charge in [0.2, 0.25) is 21.8 Å². The summed E-state index contributed by atoms with van der Waals surface area (Å²) in [6, 6.07) is 20.0. The van der Waals surface area contributed by atoms with E-state index < -0.39 is 40.2 Å². The molecule has 10 heteroatoms. The third-order valence-electron chi connectivity index (χ3n) is 6.36. The Hall–Kier alpha value is -3.43. The second-order valence-electron chi connectivity index (χ2n) is 9.38. The number of benzene rings is 3. The van der Waals surface area contributed by atoms with Gasteiger partial charge >= 0.3 is 0 Å². The van der Waals surface area contributed by atoms with Crippen LogP contribution in [-0.4, -0.2) is 50.0 Å². The fraction of sp³-hybridized carbons (Fsp3) is 0.310. The van der Waals surface area contributed by atoms with Crippen molar-refractivity contribution in [1.29, 1.82) is 0 Å². The molecule has 0 aliphatic heterocycles. The summed E-state index contributed by atoms with van der Waals surface area (Å²) in [5, 5.41) is 3.34. The van der Waals surface area contributed by atoms with Crippen LogP contribution >= 0.6 is 11.6 Å². The van der Waals surface area contributed by atoms with Crippen molar-refractivity contribution in [3.05, 3.63) is 101 Å². The first-order valence-electron chi connectivity index (χ1n) is 12.6. The van der Waals surface area contributed by atoms with Crippen LogP contribution in [-0.2, 0) is 32.6 Å². The number of sulfonamides is 1. The van der Waals surface area contributed by atoms with Crippen molar-refractivity contribution in [2.45, 2.75) is 45.3 Å². The summed E-state index contributed by atoms with van der Waals surface area (Å²) in [5.74, 6) is -1.59. The van der Waals surface area contributed by atoms with Crippen LogP contribution in [0.4, 0.5) is 10.1 Å². The highest BCUT2D eigenvalue weighted by Crippen LogP contribution is 2.22. The van der Waals surface area contributed by atoms with Gasteiger partial charge in [-0.1, -0.05) is 67.1 Å². The number of halogens is 2. The number of nitrogens with one attached hydrogen (secondary N) is 1. The lowest BCUT2D eigenvalue weighted by Gasteiger charge is -2.34. The van der Waals surface area contributed by atoms with E-state index in [2.05, 4.69) is 5.32 Å². The summed E-state index contributed by atoms with van der Waals surface area (Å²) in [6.45, 7) is 2.97. The average molecular weight is 574 g/mol. The van der Waals surface area contributed by atoms with E-state index in [1.807, 2.05) is 44.2 Å². The van der Waals surface area contributed by atoms with Crippen LogP contribution in [0.15, 0.2) is 78.9 Å². The van der Waals surface area contributed by atoms with Crippen molar-refractivity contribution in [3.63, 3.8) is 0 Å². The molecule has 2 amide bonds. The first-order chi connectivity index (χ1) is 18.5. The highest BCUT2D eigenvalue weighted by atomic mass is 35.5. The standard InChI is InChI=1S/C29H33ClFN3O4S/c1-4-21(2)32-29(36)27(18-22-10-6-5-7-11-22)33(19-23-12-8-9-13-26(23)31)28(35)20-34(39(3,37)38)25-16-14-24(30)15-17-25/h5-17,21,27H,4,18-20H2,1-3H3,(H,32,36)/t21-,27-/m0/s1. The molecule has 0 spiro atoms. The van der Waals surface area contributed by atoms with Gasteiger partial charge in [-0.25, -0.2) is 12.8 Å². The van der Waals surface area contributed by atoms with Crippen LogP contribution in [0.5, 0.6) is 0 Å². The highest BCUT2D eigenvalue weighted by Gasteiger charge is 2.33. The molecule has 3 aromatic rings. The van der Waals surface area contributed by atoms with Crippen LogP contribution in [0.2, 0.25) is 5.02 Å². The predicted octanol–water partition coefficient (Wildman–Crippen LogP) is 4.80. The highest BCUT2D eigenvalue weighted by molar-refractivity contribution is 7.92. The van der Waals surface area contributed by atoms with Crippen LogP contribution in [0.3, 0.4) is 0 Å². The molecule has 2 atom stereocenters. The molecule has 3 aromatic carbocycles. The number of hydrogen-bond donors (Lipinski definition) is 1. The van der Waals surface area contributed by atoms with Crippen molar-refractivity contribution >= 4 is 39.1 Å². The van der Waals surface area contributed by atoms with Crippen molar-refractivity contribution < 1.29 is 22.4 Å². The predicted molar refractivity (Wildman–Crippen MR) is 152 cm³/mol. The first kappa shape index (κ1) is 30.1. The van der Waals surface area contributed by atoms with E-state index in [0.717, 1.165) is 16.1 Å². The van der Waals surface area contributed by atoms with Crippen molar-refractivity contribution in [3.8, 4) is 0 Å². The summed E-state index contributed by atoms with van der Waals surface area (Å²) in [6.07, 6.45) is 1.82. The van der Waals surface area contributed by atoms with Gasteiger partial charge in [-0.2, -0.15) is 0 Å². The monoisotopic (exact) mass is 573 g/mol. The van der Waals surface area contributed by atoms with Gasteiger partial charge in [0.1, 0.15) is 18.4 Å². The summed E-state index contributed by atoms with van der Waals surface area (Å²) in [7, 11) is -3.90. The smallest absolute Gasteiger partial charge is 0.244 e. The van der Waals surface area contributed by atoms with Crippen LogP contribution in [0.1, 0.15) is 31.4 Å². The van der Waals surface area contributed by atoms with Gasteiger partial charge in [-0.05, 0) is 49.2 Å². The SMILES string of the molecule is CC[C@H](C)NC(=O)[C@H](Cc1ccccc1)N(Cc1ccccc1F)C(=O)CN(c1ccc(Cl)cc1)S(C)(=O)=O. The molecule has 0 aromatic heterocycles. The number of hydrogen-bond acceptors (Lipinski definition) is 4. The Morgan fingerprint density at radius 1 is 0.974 bits per heavy atom. The lowest BCUT2D eigenvalue weighted by molar-refractivity contribution is -0.140. The molecule has 39 heavy (non-hydrogen) atoms. The van der Waals surface area contributed by atoms with E-state index in [1.165, 1.54) is 47.4 Å². The van der Waals surface area contributed by atoms with E-state index in [4.69, 9.17) is 11.6 Å². The van der Waals surface area contributed by atoms with E-state index >= 15 is 0 Å². The lowest BCUT2D eigenvalue weighted by atomic mass is 10.0. The molecule has 208 valence electrons. The Kier molecular flexibility index (Phi) is 10.5. The molecule has 0 saturated carbocycles. The molecule has 0 aliphatic rings. The maximum atomic E-state index is 14.8. The van der Waals surface area contributed by atoms with Crippen molar-refractivity contribution in [1.82, 2.24) is 10.2 Å². The molecule has 0 fully saturated rings. The minimum absolute atomic E-state index is 0.156. The molecule has 0 radical (unpaired) electrons. The summed E-state index contributed by atoms with van der Waals surface area (Å²) < 4.78 is 41.2. The zero-order valence-corrected chi connectivity index (χ0v) is 23.8. The number of rotatable bonds is 12. The molecule has 0 unspecified atom stereocenters. The zero-order chi connectivity index (χ0) is 28.6. The summed E-state index contributed by atoms with van der Waals surface area (Å²) in [4.78, 5) is 28.8. The van der Waals surface area contributed by atoms with Gasteiger partial charge in [-0.15, -0.1) is 0 Å². The fourth-order valence-corrected chi connectivity index (χ4v) is 5.00. The molecule has 0 aliphatic carbocycles. The molecule has 0 saturated heterocycles. The van der Waals surface area contributed by atoms with Gasteiger partial charge in [0.05, 0.1) is 11.9 Å². The Morgan fingerprint density at radius 3 is 2.18 bits per heavy atom. The number of anilines is 1. The van der Waals surface area contributed by atoms with Gasteiger partial charge < -0.3 is 10.2 Å². The van der Waals surface area contributed by atoms with E-state index in [-0.39, 0.29) is 30.3 Å². The quantitative estimate of drug-likeness (QED) is 0.337. The maximum absolute atomic E-state index is 14.8. The van der Waals surface area contributed by atoms with Crippen LogP contribution < -0.4 is 9.62 Å². The second-order valence-corrected chi connectivity index (χ2v) is 11.7. The molecule has 0 heterocycles. The van der Waals surface area contributed by atoms with Gasteiger partial charge in [0, 0.05) is 29.6 Å². The normalized spacial score (nSPS) is 12.8. The van der Waals surface area contributed by atoms with Gasteiger partial charge in [0.15, 0.2) is 0 Å². The Morgan fingerprint density at radius 2 is 1.59 bits per heavy atom. The topological polar surface area (TPSA) is 86.8 Å². The minimum atomic E-state index is -3.90. The second kappa shape index (κ2) is 13.6. The molecule has 7 nitrogen and oxygen atoms in total. The number of carbonyl (C=O) groups is 2. The largest absolute Gasteiger partial charge is 0.352 e. The van der Waals surface area contributed by atoms with Gasteiger partial charge in [-0.3, -0.25) is 13.9 Å². The molecular formula is C29H33ClFN3O4S. The zero-order valence-electron chi connectivity index (χ0n) is 22.2. The average Bonchev–Trinajstić information content (AvgIpc) is 2.90. The summed E-state index contributed by atoms with van der Waals surface area (Å²) in [5.41, 5.74) is 1.24.